The van der Waals surface area contributed by atoms with E-state index in [0.29, 0.717) is 0 Å². The van der Waals surface area contributed by atoms with Crippen LogP contribution in [0.25, 0.3) is 0 Å². The highest BCUT2D eigenvalue weighted by molar-refractivity contribution is 6.30. The zero-order valence-corrected chi connectivity index (χ0v) is 7.89. The summed E-state index contributed by atoms with van der Waals surface area (Å²) in [6.45, 7) is 0. The van der Waals surface area contributed by atoms with Crippen LogP contribution in [0.5, 0.6) is 0 Å². The van der Waals surface area contributed by atoms with E-state index in [0.717, 1.165) is 0 Å². The minimum absolute atomic E-state index is 0.0736. The SMILES string of the molecule is N#CCC(O)C(O)c1cncnc1Cl. The van der Waals surface area contributed by atoms with E-state index in [-0.39, 0.29) is 17.1 Å². The number of hydrogen-bond acceptors (Lipinski definition) is 5. The van der Waals surface area contributed by atoms with E-state index in [4.69, 9.17) is 16.9 Å². The maximum atomic E-state index is 9.54. The molecule has 0 radical (unpaired) electrons. The van der Waals surface area contributed by atoms with Crippen molar-refractivity contribution in [3.05, 3.63) is 23.2 Å². The number of halogens is 1. The van der Waals surface area contributed by atoms with Crippen LogP contribution >= 0.6 is 11.6 Å². The second-order valence-electron chi connectivity index (χ2n) is 2.64. The summed E-state index contributed by atoms with van der Waals surface area (Å²) < 4.78 is 0. The fourth-order valence-electron chi connectivity index (χ4n) is 0.936. The second kappa shape index (κ2) is 4.86. The number of nitriles is 1. The third kappa shape index (κ3) is 2.39. The first-order valence-corrected chi connectivity index (χ1v) is 4.23. The molecule has 1 aromatic heterocycles. The van der Waals surface area contributed by atoms with Crippen molar-refractivity contribution in [3.8, 4) is 6.07 Å². The van der Waals surface area contributed by atoms with E-state index in [1.54, 1.807) is 6.07 Å². The largest absolute Gasteiger partial charge is 0.389 e. The minimum atomic E-state index is -1.23. The summed E-state index contributed by atoms with van der Waals surface area (Å²) in [6.07, 6.45) is -0.0470. The van der Waals surface area contributed by atoms with Crippen LogP contribution < -0.4 is 0 Å². The van der Waals surface area contributed by atoms with E-state index < -0.39 is 12.2 Å². The maximum Gasteiger partial charge on any atom is 0.138 e. The number of aliphatic hydroxyl groups is 2. The van der Waals surface area contributed by atoms with Gasteiger partial charge in [-0.1, -0.05) is 11.6 Å². The molecule has 0 bridgehead atoms. The van der Waals surface area contributed by atoms with Crippen LogP contribution in [-0.2, 0) is 0 Å². The van der Waals surface area contributed by atoms with Crippen LogP contribution in [-0.4, -0.2) is 26.3 Å². The van der Waals surface area contributed by atoms with Gasteiger partial charge >= 0.3 is 0 Å². The van der Waals surface area contributed by atoms with Crippen LogP contribution in [0.15, 0.2) is 12.5 Å². The number of nitrogens with zero attached hydrogens (tertiary/aromatic N) is 3. The molecule has 5 nitrogen and oxygen atoms in total. The average molecular weight is 214 g/mol. The lowest BCUT2D eigenvalue weighted by molar-refractivity contribution is 0.0213. The van der Waals surface area contributed by atoms with E-state index in [1.807, 2.05) is 0 Å². The summed E-state index contributed by atoms with van der Waals surface area (Å²) in [5.41, 5.74) is 0.219. The monoisotopic (exact) mass is 213 g/mol. The Hall–Kier alpha value is -1.22. The molecule has 14 heavy (non-hydrogen) atoms. The normalized spacial score (nSPS) is 14.4. The molecule has 0 saturated carbocycles. The first-order valence-electron chi connectivity index (χ1n) is 3.85. The molecule has 0 saturated heterocycles. The van der Waals surface area contributed by atoms with Crippen molar-refractivity contribution in [2.75, 3.05) is 0 Å². The van der Waals surface area contributed by atoms with Gasteiger partial charge in [-0.2, -0.15) is 5.26 Å². The molecular weight excluding hydrogens is 206 g/mol. The standard InChI is InChI=1S/C8H8ClN3O2/c9-8-5(3-11-4-12-8)7(14)6(13)1-2-10/h3-4,6-7,13-14H,1H2. The first kappa shape index (κ1) is 10.9. The van der Waals surface area contributed by atoms with Crippen molar-refractivity contribution in [3.63, 3.8) is 0 Å². The molecule has 1 aromatic rings. The average Bonchev–Trinajstić information content (AvgIpc) is 2.18. The quantitative estimate of drug-likeness (QED) is 0.711. The van der Waals surface area contributed by atoms with Crippen molar-refractivity contribution >= 4 is 11.6 Å². The van der Waals surface area contributed by atoms with E-state index in [1.165, 1.54) is 12.5 Å². The highest BCUT2D eigenvalue weighted by Gasteiger charge is 2.21. The molecule has 0 amide bonds. The van der Waals surface area contributed by atoms with Crippen molar-refractivity contribution in [2.24, 2.45) is 0 Å². The summed E-state index contributed by atoms with van der Waals surface area (Å²) in [7, 11) is 0. The summed E-state index contributed by atoms with van der Waals surface area (Å²) in [4.78, 5) is 7.30. The molecule has 2 atom stereocenters. The third-order valence-corrected chi connectivity index (χ3v) is 1.99. The molecule has 0 fully saturated rings. The van der Waals surface area contributed by atoms with Crippen molar-refractivity contribution in [1.82, 2.24) is 9.97 Å². The Morgan fingerprint density at radius 1 is 1.57 bits per heavy atom. The molecule has 0 aromatic carbocycles. The Kier molecular flexibility index (Phi) is 3.77. The molecule has 0 aliphatic heterocycles. The van der Waals surface area contributed by atoms with Crippen LogP contribution in [0.1, 0.15) is 18.1 Å². The van der Waals surface area contributed by atoms with Gasteiger partial charge in [-0.25, -0.2) is 9.97 Å². The molecule has 0 aliphatic rings. The molecule has 1 rings (SSSR count). The predicted molar refractivity (Wildman–Crippen MR) is 48.2 cm³/mol. The lowest BCUT2D eigenvalue weighted by atomic mass is 10.1. The highest BCUT2D eigenvalue weighted by Crippen LogP contribution is 2.23. The van der Waals surface area contributed by atoms with Gasteiger partial charge < -0.3 is 10.2 Å². The summed E-state index contributed by atoms with van der Waals surface area (Å²) >= 11 is 5.66. The Morgan fingerprint density at radius 3 is 2.86 bits per heavy atom. The molecular formula is C8H8ClN3O2. The van der Waals surface area contributed by atoms with Gasteiger partial charge in [-0.05, 0) is 0 Å². The Balaban J connectivity index is 2.84. The van der Waals surface area contributed by atoms with E-state index in [9.17, 15) is 10.2 Å². The van der Waals surface area contributed by atoms with Gasteiger partial charge in [0.2, 0.25) is 0 Å². The van der Waals surface area contributed by atoms with Crippen LogP contribution in [0.3, 0.4) is 0 Å². The van der Waals surface area contributed by atoms with Gasteiger partial charge in [0.1, 0.15) is 17.6 Å². The van der Waals surface area contributed by atoms with Gasteiger partial charge in [0.05, 0.1) is 18.6 Å². The maximum absolute atomic E-state index is 9.54. The summed E-state index contributed by atoms with van der Waals surface area (Å²) in [5.74, 6) is 0. The minimum Gasteiger partial charge on any atom is -0.389 e. The Labute approximate surface area is 85.6 Å². The van der Waals surface area contributed by atoms with Gasteiger partial charge in [-0.15, -0.1) is 0 Å². The Morgan fingerprint density at radius 2 is 2.29 bits per heavy atom. The number of aliphatic hydroxyl groups excluding tert-OH is 2. The smallest absolute Gasteiger partial charge is 0.138 e. The zero-order valence-electron chi connectivity index (χ0n) is 7.13. The molecule has 0 aliphatic carbocycles. The third-order valence-electron chi connectivity index (χ3n) is 1.67. The van der Waals surface area contributed by atoms with Crippen molar-refractivity contribution in [1.29, 1.82) is 5.26 Å². The van der Waals surface area contributed by atoms with Crippen LogP contribution in [0, 0.1) is 11.3 Å². The van der Waals surface area contributed by atoms with E-state index in [2.05, 4.69) is 9.97 Å². The molecule has 6 heteroatoms. The summed E-state index contributed by atoms with van der Waals surface area (Å²) in [5, 5.41) is 27.2. The molecule has 0 spiro atoms. The predicted octanol–water partition coefficient (Wildman–Crippen LogP) is 0.438. The topological polar surface area (TPSA) is 90.0 Å². The van der Waals surface area contributed by atoms with E-state index >= 15 is 0 Å². The van der Waals surface area contributed by atoms with Crippen LogP contribution in [0.2, 0.25) is 5.15 Å². The van der Waals surface area contributed by atoms with Gasteiger partial charge in [0, 0.05) is 11.8 Å². The lowest BCUT2D eigenvalue weighted by Gasteiger charge is -2.15. The fraction of sp³-hybridized carbons (Fsp3) is 0.375. The lowest BCUT2D eigenvalue weighted by Crippen LogP contribution is -2.18. The molecule has 2 N–H and O–H groups in total. The number of rotatable bonds is 3. The Bertz CT molecular complexity index is 353. The first-order chi connectivity index (χ1) is 6.66. The number of hydrogen-bond donors (Lipinski definition) is 2. The second-order valence-corrected chi connectivity index (χ2v) is 3.00. The van der Waals surface area contributed by atoms with Crippen molar-refractivity contribution in [2.45, 2.75) is 18.6 Å². The fourth-order valence-corrected chi connectivity index (χ4v) is 1.14. The van der Waals surface area contributed by atoms with Gasteiger partial charge in [0.15, 0.2) is 0 Å². The summed E-state index contributed by atoms with van der Waals surface area (Å²) in [6, 6.07) is 1.74. The molecule has 1 heterocycles. The molecule has 74 valence electrons. The highest BCUT2D eigenvalue weighted by atomic mass is 35.5. The van der Waals surface area contributed by atoms with Crippen LogP contribution in [0.4, 0.5) is 0 Å². The molecule has 2 unspecified atom stereocenters. The number of aromatic nitrogens is 2. The zero-order chi connectivity index (χ0) is 10.6. The van der Waals surface area contributed by atoms with Gasteiger partial charge in [-0.3, -0.25) is 0 Å². The van der Waals surface area contributed by atoms with Crippen molar-refractivity contribution < 1.29 is 10.2 Å². The van der Waals surface area contributed by atoms with Gasteiger partial charge in [0.25, 0.3) is 0 Å².